The normalized spacial score (nSPS) is 21.7. The maximum absolute atomic E-state index is 13.6. The number of amides is 1. The molecule has 2 heterocycles. The highest BCUT2D eigenvalue weighted by atomic mass is 35.5. The summed E-state index contributed by atoms with van der Waals surface area (Å²) in [7, 11) is 0. The van der Waals surface area contributed by atoms with E-state index in [1.165, 1.54) is 24.6 Å². The molecule has 1 atom stereocenters. The first kappa shape index (κ1) is 20.3. The van der Waals surface area contributed by atoms with Gasteiger partial charge in [-0.3, -0.25) is 9.69 Å². The van der Waals surface area contributed by atoms with Crippen molar-refractivity contribution in [3.63, 3.8) is 0 Å². The summed E-state index contributed by atoms with van der Waals surface area (Å²) in [6, 6.07) is 11.8. The van der Waals surface area contributed by atoms with Gasteiger partial charge >= 0.3 is 0 Å². The average molecular weight is 464 g/mol. The van der Waals surface area contributed by atoms with E-state index in [2.05, 4.69) is 28.0 Å². The summed E-state index contributed by atoms with van der Waals surface area (Å²) in [6.07, 6.45) is 2.48. The smallest absolute Gasteiger partial charge is 0.245 e. The minimum absolute atomic E-state index is 0.0287. The van der Waals surface area contributed by atoms with Crippen LogP contribution in [0.1, 0.15) is 18.4 Å². The van der Waals surface area contributed by atoms with E-state index in [9.17, 15) is 9.90 Å². The lowest BCUT2D eigenvalue weighted by molar-refractivity contribution is -0.122. The Labute approximate surface area is 190 Å². The summed E-state index contributed by atoms with van der Waals surface area (Å²) in [4.78, 5) is 20.2. The average Bonchev–Trinajstić information content (AvgIpc) is 3.49. The predicted octanol–water partition coefficient (Wildman–Crippen LogP) is 4.59. The number of aromatic hydroxyl groups is 1. The molecule has 0 spiro atoms. The van der Waals surface area contributed by atoms with Gasteiger partial charge in [-0.25, -0.2) is 0 Å². The second-order valence-corrected chi connectivity index (χ2v) is 9.87. The zero-order valence-electron chi connectivity index (χ0n) is 16.4. The number of nitrogens with zero attached hydrogens (tertiary/aromatic N) is 3. The first-order valence-corrected chi connectivity index (χ1v) is 12.1. The van der Waals surface area contributed by atoms with Crippen LogP contribution in [-0.4, -0.2) is 52.7 Å². The Bertz CT molecular complexity index is 985. The van der Waals surface area contributed by atoms with Crippen molar-refractivity contribution in [2.45, 2.75) is 31.5 Å². The number of halogens is 2. The summed E-state index contributed by atoms with van der Waals surface area (Å²) in [5.41, 5.74) is 3.01. The number of para-hydroxylation sites is 2. The number of hydrogen-bond donors (Lipinski definition) is 1. The highest BCUT2D eigenvalue weighted by molar-refractivity contribution is 7.99. The fourth-order valence-electron chi connectivity index (χ4n) is 4.34. The Balaban J connectivity index is 1.38. The van der Waals surface area contributed by atoms with E-state index in [4.69, 9.17) is 23.2 Å². The Kier molecular flexibility index (Phi) is 5.52. The molecule has 2 aromatic rings. The van der Waals surface area contributed by atoms with Gasteiger partial charge in [0.05, 0.1) is 22.4 Å². The highest BCUT2D eigenvalue weighted by Gasteiger charge is 2.39. The van der Waals surface area contributed by atoms with Gasteiger partial charge in [0.1, 0.15) is 5.75 Å². The van der Waals surface area contributed by atoms with Crippen LogP contribution in [0.25, 0.3) is 0 Å². The molecule has 0 radical (unpaired) electrons. The van der Waals surface area contributed by atoms with Crippen LogP contribution in [0, 0.1) is 0 Å². The van der Waals surface area contributed by atoms with Gasteiger partial charge in [0.25, 0.3) is 0 Å². The molecule has 30 heavy (non-hydrogen) atoms. The molecule has 1 saturated heterocycles. The summed E-state index contributed by atoms with van der Waals surface area (Å²) < 4.78 is 0. The van der Waals surface area contributed by atoms with Crippen LogP contribution < -0.4 is 9.80 Å². The molecule has 5 nitrogen and oxygen atoms in total. The van der Waals surface area contributed by atoms with Gasteiger partial charge < -0.3 is 14.9 Å². The molecule has 1 amide bonds. The molecule has 2 aromatic carbocycles. The van der Waals surface area contributed by atoms with Gasteiger partial charge in [-0.05, 0) is 36.6 Å². The lowest BCUT2D eigenvalue weighted by atomic mass is 10.1. The van der Waals surface area contributed by atoms with Crippen LogP contribution in [-0.2, 0) is 11.3 Å². The summed E-state index contributed by atoms with van der Waals surface area (Å²) >= 11 is 14.2. The molecule has 5 rings (SSSR count). The quantitative estimate of drug-likeness (QED) is 0.718. The zero-order valence-corrected chi connectivity index (χ0v) is 18.8. The van der Waals surface area contributed by atoms with Crippen molar-refractivity contribution in [1.82, 2.24) is 4.90 Å². The van der Waals surface area contributed by atoms with Crippen LogP contribution >= 0.6 is 35.0 Å². The van der Waals surface area contributed by atoms with Crippen molar-refractivity contribution in [2.75, 3.05) is 34.5 Å². The molecule has 158 valence electrons. The van der Waals surface area contributed by atoms with Gasteiger partial charge in [0.2, 0.25) is 5.91 Å². The molecule has 1 N–H and O–H groups in total. The van der Waals surface area contributed by atoms with Crippen LogP contribution in [0.5, 0.6) is 5.75 Å². The largest absolute Gasteiger partial charge is 0.506 e. The maximum atomic E-state index is 13.6. The topological polar surface area (TPSA) is 47.0 Å². The van der Waals surface area contributed by atoms with Crippen molar-refractivity contribution in [2.24, 2.45) is 0 Å². The maximum Gasteiger partial charge on any atom is 0.245 e. The number of rotatable bonds is 4. The molecule has 0 bridgehead atoms. The van der Waals surface area contributed by atoms with Crippen LogP contribution in [0.15, 0.2) is 36.4 Å². The fourth-order valence-corrected chi connectivity index (χ4v) is 5.93. The Morgan fingerprint density at radius 3 is 2.63 bits per heavy atom. The molecular weight excluding hydrogens is 441 g/mol. The van der Waals surface area contributed by atoms with Crippen LogP contribution in [0.2, 0.25) is 10.0 Å². The van der Waals surface area contributed by atoms with Gasteiger partial charge in [0, 0.05) is 48.4 Å². The fraction of sp³-hybridized carbons (Fsp3) is 0.409. The number of carbonyl (C=O) groups excluding carboxylic acids is 1. The second-order valence-electron chi connectivity index (χ2n) is 8.06. The molecule has 1 saturated carbocycles. The van der Waals surface area contributed by atoms with Crippen molar-refractivity contribution in [3.8, 4) is 5.75 Å². The van der Waals surface area contributed by atoms with E-state index in [0.29, 0.717) is 24.2 Å². The Morgan fingerprint density at radius 1 is 1.10 bits per heavy atom. The van der Waals surface area contributed by atoms with E-state index in [1.807, 2.05) is 11.0 Å². The van der Waals surface area contributed by atoms with E-state index < -0.39 is 0 Å². The van der Waals surface area contributed by atoms with Gasteiger partial charge in [-0.2, -0.15) is 0 Å². The third kappa shape index (κ3) is 3.75. The summed E-state index contributed by atoms with van der Waals surface area (Å²) in [5, 5.41) is 10.5. The zero-order chi connectivity index (χ0) is 20.8. The number of anilines is 2. The third-order valence-electron chi connectivity index (χ3n) is 6.05. The minimum atomic E-state index is -0.209. The Morgan fingerprint density at radius 2 is 1.87 bits per heavy atom. The monoisotopic (exact) mass is 463 g/mol. The van der Waals surface area contributed by atoms with Gasteiger partial charge in [-0.15, -0.1) is 11.8 Å². The van der Waals surface area contributed by atoms with E-state index in [1.54, 1.807) is 17.8 Å². The first-order chi connectivity index (χ1) is 14.5. The van der Waals surface area contributed by atoms with Crippen molar-refractivity contribution >= 4 is 52.2 Å². The van der Waals surface area contributed by atoms with Crippen molar-refractivity contribution < 1.29 is 9.90 Å². The van der Waals surface area contributed by atoms with E-state index in [0.717, 1.165) is 29.4 Å². The standard InChI is InChI=1S/C22H23Cl2N3O2S/c23-16-10-21(28)17(24)9-14(16)11-25-13-30-12-20(25)22(29)27-8-7-26(15-5-6-15)18-3-1-2-4-19(18)27/h1-4,9-10,15,20,28H,5-8,11-13H2. The second kappa shape index (κ2) is 8.15. The number of phenolic OH excluding ortho intramolecular Hbond substituents is 1. The molecule has 8 heteroatoms. The SMILES string of the molecule is O=C(C1CSCN1Cc1cc(Cl)c(O)cc1Cl)N1CCN(C2CC2)c2ccccc21. The van der Waals surface area contributed by atoms with Gasteiger partial charge in [0.15, 0.2) is 0 Å². The predicted molar refractivity (Wildman–Crippen MR) is 124 cm³/mol. The lowest BCUT2D eigenvalue weighted by Gasteiger charge is -2.39. The molecule has 2 aliphatic heterocycles. The molecule has 1 unspecified atom stereocenters. The van der Waals surface area contributed by atoms with Crippen molar-refractivity contribution in [1.29, 1.82) is 0 Å². The molecule has 3 aliphatic rings. The number of hydrogen-bond acceptors (Lipinski definition) is 5. The van der Waals surface area contributed by atoms with E-state index >= 15 is 0 Å². The number of benzene rings is 2. The molecule has 2 fully saturated rings. The van der Waals surface area contributed by atoms with Crippen LogP contribution in [0.3, 0.4) is 0 Å². The highest BCUT2D eigenvalue weighted by Crippen LogP contribution is 2.41. The van der Waals surface area contributed by atoms with Crippen molar-refractivity contribution in [3.05, 3.63) is 52.0 Å². The molecular formula is C22H23Cl2N3O2S. The number of fused-ring (bicyclic) bond motifs is 1. The summed E-state index contributed by atoms with van der Waals surface area (Å²) in [5.74, 6) is 1.63. The van der Waals surface area contributed by atoms with E-state index in [-0.39, 0.29) is 22.7 Å². The number of thioether (sulfide) groups is 1. The number of phenols is 1. The Hall–Kier alpha value is -1.60. The first-order valence-electron chi connectivity index (χ1n) is 10.2. The van der Waals surface area contributed by atoms with Gasteiger partial charge in [-0.1, -0.05) is 35.3 Å². The molecule has 0 aromatic heterocycles. The number of carbonyl (C=O) groups is 1. The summed E-state index contributed by atoms with van der Waals surface area (Å²) in [6.45, 7) is 2.12. The minimum Gasteiger partial charge on any atom is -0.506 e. The van der Waals surface area contributed by atoms with Crippen LogP contribution in [0.4, 0.5) is 11.4 Å². The third-order valence-corrected chi connectivity index (χ3v) is 7.77. The lowest BCUT2D eigenvalue weighted by Crippen LogP contribution is -2.52. The molecule has 1 aliphatic carbocycles.